The van der Waals surface area contributed by atoms with Crippen LogP contribution in [-0.2, 0) is 4.79 Å². The Bertz CT molecular complexity index is 485. The molecule has 1 unspecified atom stereocenters. The van der Waals surface area contributed by atoms with Crippen molar-refractivity contribution in [1.29, 1.82) is 0 Å². The van der Waals surface area contributed by atoms with E-state index < -0.39 is 5.97 Å². The molecule has 1 aromatic rings. The highest BCUT2D eigenvalue weighted by Crippen LogP contribution is 2.20. The first-order chi connectivity index (χ1) is 9.92. The van der Waals surface area contributed by atoms with E-state index in [1.54, 1.807) is 12.1 Å². The summed E-state index contributed by atoms with van der Waals surface area (Å²) in [5.74, 6) is -0.558. The minimum atomic E-state index is -0.767. The maximum atomic E-state index is 12.0. The largest absolute Gasteiger partial charge is 0.481 e. The van der Waals surface area contributed by atoms with Crippen molar-refractivity contribution >= 4 is 43.7 Å². The number of amides is 1. The smallest absolute Gasteiger partial charge is 0.303 e. The van der Waals surface area contributed by atoms with Crippen LogP contribution in [-0.4, -0.2) is 23.5 Å². The summed E-state index contributed by atoms with van der Waals surface area (Å²) in [7, 11) is 0. The van der Waals surface area contributed by atoms with Crippen LogP contribution in [0, 0.1) is 5.92 Å². The summed E-state index contributed by atoms with van der Waals surface area (Å²) in [4.78, 5) is 22.6. The van der Waals surface area contributed by atoms with Gasteiger partial charge in [0.05, 0.1) is 0 Å². The third-order valence-corrected chi connectivity index (χ3v) is 4.22. The van der Waals surface area contributed by atoms with Crippen LogP contribution in [0.25, 0.3) is 0 Å². The first-order valence-corrected chi connectivity index (χ1v) is 8.47. The van der Waals surface area contributed by atoms with E-state index in [1.165, 1.54) is 0 Å². The number of carbonyl (C=O) groups is 2. The molecule has 1 rings (SSSR count). The molecule has 0 aliphatic carbocycles. The summed E-state index contributed by atoms with van der Waals surface area (Å²) >= 11 is 6.70. The van der Waals surface area contributed by atoms with E-state index in [0.29, 0.717) is 24.4 Å². The van der Waals surface area contributed by atoms with Crippen LogP contribution >= 0.6 is 31.9 Å². The van der Waals surface area contributed by atoms with Crippen molar-refractivity contribution < 1.29 is 14.7 Å². The van der Waals surface area contributed by atoms with Crippen molar-refractivity contribution in [3.63, 3.8) is 0 Å². The number of aliphatic carboxylic acids is 1. The standard InChI is InChI=1S/C15H19Br2NO3/c1-2-10(3-4-14(19)20)5-6-18-15(21)11-7-12(16)9-13(17)8-11/h7-10H,2-6H2,1H3,(H,18,21)(H,19,20). The molecule has 4 nitrogen and oxygen atoms in total. The first kappa shape index (κ1) is 18.2. The molecule has 0 radical (unpaired) electrons. The zero-order valence-corrected chi connectivity index (χ0v) is 15.0. The van der Waals surface area contributed by atoms with Gasteiger partial charge in [-0.2, -0.15) is 0 Å². The number of carboxylic acid groups (broad SMARTS) is 1. The topological polar surface area (TPSA) is 66.4 Å². The molecule has 0 heterocycles. The van der Waals surface area contributed by atoms with E-state index in [-0.39, 0.29) is 12.3 Å². The van der Waals surface area contributed by atoms with Crippen molar-refractivity contribution in [2.24, 2.45) is 5.92 Å². The van der Waals surface area contributed by atoms with Gasteiger partial charge >= 0.3 is 5.97 Å². The van der Waals surface area contributed by atoms with Crippen LogP contribution in [0.2, 0.25) is 0 Å². The third-order valence-electron chi connectivity index (χ3n) is 3.31. The van der Waals surface area contributed by atoms with Gasteiger partial charge in [0.2, 0.25) is 0 Å². The first-order valence-electron chi connectivity index (χ1n) is 6.88. The average molecular weight is 421 g/mol. The fourth-order valence-corrected chi connectivity index (χ4v) is 3.35. The van der Waals surface area contributed by atoms with Crippen molar-refractivity contribution in [1.82, 2.24) is 5.32 Å². The summed E-state index contributed by atoms with van der Waals surface area (Å²) in [6.45, 7) is 2.60. The SMILES string of the molecule is CCC(CCNC(=O)c1cc(Br)cc(Br)c1)CCC(=O)O. The molecule has 0 aromatic heterocycles. The average Bonchev–Trinajstić information content (AvgIpc) is 2.41. The van der Waals surface area contributed by atoms with Gasteiger partial charge in [0.1, 0.15) is 0 Å². The normalized spacial score (nSPS) is 12.0. The second-order valence-corrected chi connectivity index (χ2v) is 6.74. The minimum Gasteiger partial charge on any atom is -0.481 e. The molecular formula is C15H19Br2NO3. The summed E-state index contributed by atoms with van der Waals surface area (Å²) in [5, 5.41) is 11.6. The second kappa shape index (κ2) is 9.20. The van der Waals surface area contributed by atoms with Gasteiger partial charge in [0.25, 0.3) is 5.91 Å². The van der Waals surface area contributed by atoms with E-state index in [4.69, 9.17) is 5.11 Å². The molecule has 0 saturated carbocycles. The molecule has 21 heavy (non-hydrogen) atoms. The summed E-state index contributed by atoms with van der Waals surface area (Å²) in [6.07, 6.45) is 2.56. The number of halogens is 2. The van der Waals surface area contributed by atoms with Crippen LogP contribution in [0.3, 0.4) is 0 Å². The zero-order chi connectivity index (χ0) is 15.8. The quantitative estimate of drug-likeness (QED) is 0.661. The summed E-state index contributed by atoms with van der Waals surface area (Å²) < 4.78 is 1.69. The minimum absolute atomic E-state index is 0.120. The van der Waals surface area contributed by atoms with Gasteiger partial charge in [-0.25, -0.2) is 0 Å². The van der Waals surface area contributed by atoms with E-state index in [2.05, 4.69) is 37.2 Å². The third kappa shape index (κ3) is 7.09. The van der Waals surface area contributed by atoms with Crippen molar-refractivity contribution in [3.05, 3.63) is 32.7 Å². The molecule has 0 aliphatic rings. The fourth-order valence-electron chi connectivity index (χ4n) is 2.06. The molecule has 0 fully saturated rings. The number of rotatable bonds is 8. The van der Waals surface area contributed by atoms with E-state index in [9.17, 15) is 9.59 Å². The number of nitrogens with one attached hydrogen (secondary N) is 1. The molecule has 0 spiro atoms. The highest BCUT2D eigenvalue weighted by Gasteiger charge is 2.11. The van der Waals surface area contributed by atoms with Crippen LogP contribution in [0.5, 0.6) is 0 Å². The van der Waals surface area contributed by atoms with E-state index in [1.807, 2.05) is 13.0 Å². The molecule has 6 heteroatoms. The number of hydrogen-bond donors (Lipinski definition) is 2. The van der Waals surface area contributed by atoms with Crippen LogP contribution < -0.4 is 5.32 Å². The molecule has 0 aliphatic heterocycles. The summed E-state index contributed by atoms with van der Waals surface area (Å²) in [5.41, 5.74) is 0.592. The van der Waals surface area contributed by atoms with Crippen LogP contribution in [0.4, 0.5) is 0 Å². The number of carbonyl (C=O) groups excluding carboxylic acids is 1. The predicted octanol–water partition coefficient (Wildman–Crippen LogP) is 4.22. The Hall–Kier alpha value is -0.880. The lowest BCUT2D eigenvalue weighted by Gasteiger charge is -2.14. The monoisotopic (exact) mass is 419 g/mol. The Labute approximate surface area is 141 Å². The lowest BCUT2D eigenvalue weighted by atomic mass is 9.96. The van der Waals surface area contributed by atoms with Gasteiger partial charge in [0.15, 0.2) is 0 Å². The number of carboxylic acids is 1. The highest BCUT2D eigenvalue weighted by atomic mass is 79.9. The molecule has 1 amide bonds. The molecular weight excluding hydrogens is 402 g/mol. The second-order valence-electron chi connectivity index (χ2n) is 4.91. The fraction of sp³-hybridized carbons (Fsp3) is 0.467. The Kier molecular flexibility index (Phi) is 7.96. The van der Waals surface area contributed by atoms with Crippen LogP contribution in [0.15, 0.2) is 27.1 Å². The van der Waals surface area contributed by atoms with Gasteiger partial charge in [-0.05, 0) is 37.0 Å². The molecule has 0 saturated heterocycles. The molecule has 0 bridgehead atoms. The molecule has 1 aromatic carbocycles. The predicted molar refractivity (Wildman–Crippen MR) is 89.4 cm³/mol. The lowest BCUT2D eigenvalue weighted by molar-refractivity contribution is -0.137. The number of benzene rings is 1. The van der Waals surface area contributed by atoms with Gasteiger partial charge in [0, 0.05) is 27.5 Å². The van der Waals surface area contributed by atoms with Crippen molar-refractivity contribution in [2.75, 3.05) is 6.54 Å². The van der Waals surface area contributed by atoms with Gasteiger partial charge in [-0.15, -0.1) is 0 Å². The molecule has 116 valence electrons. The Balaban J connectivity index is 2.43. The Morgan fingerprint density at radius 2 is 1.81 bits per heavy atom. The highest BCUT2D eigenvalue weighted by molar-refractivity contribution is 9.11. The van der Waals surface area contributed by atoms with Gasteiger partial charge < -0.3 is 10.4 Å². The maximum absolute atomic E-state index is 12.0. The lowest BCUT2D eigenvalue weighted by Crippen LogP contribution is -2.26. The van der Waals surface area contributed by atoms with E-state index >= 15 is 0 Å². The molecule has 1 atom stereocenters. The van der Waals surface area contributed by atoms with Crippen LogP contribution in [0.1, 0.15) is 43.0 Å². The van der Waals surface area contributed by atoms with E-state index in [0.717, 1.165) is 21.8 Å². The maximum Gasteiger partial charge on any atom is 0.303 e. The van der Waals surface area contributed by atoms with Crippen molar-refractivity contribution in [2.45, 2.75) is 32.6 Å². The van der Waals surface area contributed by atoms with Crippen molar-refractivity contribution in [3.8, 4) is 0 Å². The Morgan fingerprint density at radius 1 is 1.19 bits per heavy atom. The zero-order valence-electron chi connectivity index (χ0n) is 11.9. The van der Waals surface area contributed by atoms with Gasteiger partial charge in [-0.1, -0.05) is 45.2 Å². The van der Waals surface area contributed by atoms with Gasteiger partial charge in [-0.3, -0.25) is 9.59 Å². The Morgan fingerprint density at radius 3 is 2.33 bits per heavy atom. The number of hydrogen-bond acceptors (Lipinski definition) is 2. The molecule has 2 N–H and O–H groups in total. The summed E-state index contributed by atoms with van der Waals surface area (Å²) in [6, 6.07) is 5.40.